The average Bonchev–Trinajstić information content (AvgIpc) is 2.31. The molecule has 0 aliphatic heterocycles. The van der Waals surface area contributed by atoms with Crippen molar-refractivity contribution in [2.24, 2.45) is 5.73 Å². The minimum absolute atomic E-state index is 0.00847. The van der Waals surface area contributed by atoms with Crippen molar-refractivity contribution in [3.05, 3.63) is 35.4 Å². The summed E-state index contributed by atoms with van der Waals surface area (Å²) in [6.45, 7) is 5.58. The summed E-state index contributed by atoms with van der Waals surface area (Å²) < 4.78 is 5.30. The molecule has 0 saturated carbocycles. The fraction of sp³-hybridized carbons (Fsp3) is 0.533. The third-order valence-corrected chi connectivity index (χ3v) is 3.23. The summed E-state index contributed by atoms with van der Waals surface area (Å²) >= 11 is 0. The highest BCUT2D eigenvalue weighted by molar-refractivity contribution is 5.68. The lowest BCUT2D eigenvalue weighted by molar-refractivity contribution is 0.0497. The molecule has 0 radical (unpaired) electrons. The molecule has 1 aliphatic carbocycles. The van der Waals surface area contributed by atoms with Crippen molar-refractivity contribution in [1.82, 2.24) is 5.32 Å². The summed E-state index contributed by atoms with van der Waals surface area (Å²) in [5.41, 5.74) is 7.84. The second-order valence-corrected chi connectivity index (χ2v) is 6.01. The van der Waals surface area contributed by atoms with Crippen LogP contribution in [0.2, 0.25) is 0 Å². The molecule has 2 unspecified atom stereocenters. The van der Waals surface area contributed by atoms with E-state index in [4.69, 9.17) is 10.5 Å². The first kappa shape index (κ1) is 13.9. The number of hydrogen-bond acceptors (Lipinski definition) is 3. The van der Waals surface area contributed by atoms with E-state index in [1.807, 2.05) is 45.0 Å². The van der Waals surface area contributed by atoms with Crippen LogP contribution >= 0.6 is 0 Å². The summed E-state index contributed by atoms with van der Waals surface area (Å²) in [5.74, 6) is 0. The molecule has 2 atom stereocenters. The van der Waals surface area contributed by atoms with Gasteiger partial charge in [-0.25, -0.2) is 4.79 Å². The van der Waals surface area contributed by atoms with Gasteiger partial charge in [0.15, 0.2) is 0 Å². The highest BCUT2D eigenvalue weighted by atomic mass is 16.6. The van der Waals surface area contributed by atoms with Crippen LogP contribution in [0.4, 0.5) is 4.79 Å². The number of hydrogen-bond donors (Lipinski definition) is 2. The second-order valence-electron chi connectivity index (χ2n) is 6.01. The number of nitrogens with two attached hydrogens (primary N) is 1. The van der Waals surface area contributed by atoms with Crippen molar-refractivity contribution in [2.45, 2.75) is 51.3 Å². The molecule has 4 heteroatoms. The molecule has 0 fully saturated rings. The Bertz CT molecular complexity index is 465. The zero-order chi connectivity index (χ0) is 14.0. The first-order chi connectivity index (χ1) is 8.87. The van der Waals surface area contributed by atoms with E-state index in [-0.39, 0.29) is 18.2 Å². The van der Waals surface area contributed by atoms with E-state index in [1.165, 1.54) is 0 Å². The molecule has 0 saturated heterocycles. The van der Waals surface area contributed by atoms with E-state index in [2.05, 4.69) is 5.32 Å². The molecule has 0 spiro atoms. The van der Waals surface area contributed by atoms with E-state index in [0.717, 1.165) is 24.0 Å². The summed E-state index contributed by atoms with van der Waals surface area (Å²) in [6, 6.07) is 8.06. The summed E-state index contributed by atoms with van der Waals surface area (Å²) in [5, 5.41) is 2.94. The number of carbonyl (C=O) groups excluding carboxylic acids is 1. The summed E-state index contributed by atoms with van der Waals surface area (Å²) in [6.07, 6.45) is 1.34. The fourth-order valence-electron chi connectivity index (χ4n) is 2.42. The largest absolute Gasteiger partial charge is 0.444 e. The molecule has 19 heavy (non-hydrogen) atoms. The molecule has 4 nitrogen and oxygen atoms in total. The number of amides is 1. The maximum atomic E-state index is 11.9. The lowest BCUT2D eigenvalue weighted by Gasteiger charge is -2.31. The van der Waals surface area contributed by atoms with Crippen molar-refractivity contribution in [2.75, 3.05) is 0 Å². The number of ether oxygens (including phenoxy) is 1. The van der Waals surface area contributed by atoms with Gasteiger partial charge in [-0.15, -0.1) is 0 Å². The first-order valence-electron chi connectivity index (χ1n) is 6.71. The van der Waals surface area contributed by atoms with Crippen LogP contribution in [0.15, 0.2) is 24.3 Å². The topological polar surface area (TPSA) is 64.3 Å². The molecule has 0 aromatic heterocycles. The van der Waals surface area contributed by atoms with Crippen molar-refractivity contribution < 1.29 is 9.53 Å². The zero-order valence-electron chi connectivity index (χ0n) is 11.8. The normalized spacial score (nSPS) is 22.5. The van der Waals surface area contributed by atoms with Gasteiger partial charge in [-0.1, -0.05) is 24.3 Å². The molecule has 1 amide bonds. The van der Waals surface area contributed by atoms with Crippen LogP contribution < -0.4 is 11.1 Å². The molecular weight excluding hydrogens is 240 g/mol. The molecule has 1 aromatic rings. The Morgan fingerprint density at radius 3 is 2.53 bits per heavy atom. The predicted octanol–water partition coefficient (Wildman–Crippen LogP) is 3.05. The molecule has 104 valence electrons. The third-order valence-electron chi connectivity index (χ3n) is 3.23. The van der Waals surface area contributed by atoms with Crippen molar-refractivity contribution in [1.29, 1.82) is 0 Å². The van der Waals surface area contributed by atoms with Gasteiger partial charge in [-0.05, 0) is 44.7 Å². The van der Waals surface area contributed by atoms with Gasteiger partial charge in [-0.2, -0.15) is 0 Å². The molecule has 1 aromatic carbocycles. The van der Waals surface area contributed by atoms with Crippen LogP contribution in [-0.4, -0.2) is 11.7 Å². The summed E-state index contributed by atoms with van der Waals surface area (Å²) in [4.78, 5) is 11.9. The minimum Gasteiger partial charge on any atom is -0.444 e. The van der Waals surface area contributed by atoms with E-state index < -0.39 is 5.60 Å². The molecular formula is C15H22N2O2. The van der Waals surface area contributed by atoms with E-state index in [9.17, 15) is 4.79 Å². The number of carbonyl (C=O) groups is 1. The first-order valence-corrected chi connectivity index (χ1v) is 6.71. The molecule has 0 bridgehead atoms. The lowest BCUT2D eigenvalue weighted by atomic mass is 9.85. The van der Waals surface area contributed by atoms with Gasteiger partial charge < -0.3 is 15.8 Å². The predicted molar refractivity (Wildman–Crippen MR) is 74.7 cm³/mol. The second kappa shape index (κ2) is 5.21. The maximum absolute atomic E-state index is 11.9. The Morgan fingerprint density at radius 2 is 1.89 bits per heavy atom. The number of fused-ring (bicyclic) bond motifs is 1. The SMILES string of the molecule is CC(C)(C)OC(=O)NC1CCC(N)c2ccccc21. The lowest BCUT2D eigenvalue weighted by Crippen LogP contribution is -2.37. The van der Waals surface area contributed by atoms with Crippen LogP contribution in [0, 0.1) is 0 Å². The van der Waals surface area contributed by atoms with Gasteiger partial charge in [0.1, 0.15) is 5.60 Å². The Labute approximate surface area is 114 Å². The Balaban J connectivity index is 2.11. The van der Waals surface area contributed by atoms with Gasteiger partial charge >= 0.3 is 6.09 Å². The van der Waals surface area contributed by atoms with Gasteiger partial charge in [0.25, 0.3) is 0 Å². The highest BCUT2D eigenvalue weighted by Gasteiger charge is 2.27. The third kappa shape index (κ3) is 3.47. The molecule has 3 N–H and O–H groups in total. The van der Waals surface area contributed by atoms with Crippen LogP contribution in [0.25, 0.3) is 0 Å². The van der Waals surface area contributed by atoms with Crippen molar-refractivity contribution >= 4 is 6.09 Å². The zero-order valence-corrected chi connectivity index (χ0v) is 11.8. The quantitative estimate of drug-likeness (QED) is 0.817. The average molecular weight is 262 g/mol. The van der Waals surface area contributed by atoms with Gasteiger partial charge in [0.05, 0.1) is 6.04 Å². The standard InChI is InChI=1S/C15H22N2O2/c1-15(2,3)19-14(18)17-13-9-8-12(16)10-6-4-5-7-11(10)13/h4-7,12-13H,8-9,16H2,1-3H3,(H,17,18). The maximum Gasteiger partial charge on any atom is 0.408 e. The fourth-order valence-corrected chi connectivity index (χ4v) is 2.42. The van der Waals surface area contributed by atoms with Crippen LogP contribution in [-0.2, 0) is 4.74 Å². The number of rotatable bonds is 1. The number of alkyl carbamates (subject to hydrolysis) is 1. The molecule has 2 rings (SSSR count). The van der Waals surface area contributed by atoms with Crippen LogP contribution in [0.5, 0.6) is 0 Å². The van der Waals surface area contributed by atoms with Gasteiger partial charge in [0.2, 0.25) is 0 Å². The Morgan fingerprint density at radius 1 is 1.26 bits per heavy atom. The molecule has 0 heterocycles. The van der Waals surface area contributed by atoms with Gasteiger partial charge in [0, 0.05) is 6.04 Å². The smallest absolute Gasteiger partial charge is 0.408 e. The van der Waals surface area contributed by atoms with Crippen molar-refractivity contribution in [3.8, 4) is 0 Å². The highest BCUT2D eigenvalue weighted by Crippen LogP contribution is 2.34. The van der Waals surface area contributed by atoms with E-state index >= 15 is 0 Å². The summed E-state index contributed by atoms with van der Waals surface area (Å²) in [7, 11) is 0. The van der Waals surface area contributed by atoms with Crippen molar-refractivity contribution in [3.63, 3.8) is 0 Å². The van der Waals surface area contributed by atoms with Gasteiger partial charge in [-0.3, -0.25) is 0 Å². The van der Waals surface area contributed by atoms with E-state index in [1.54, 1.807) is 0 Å². The molecule has 1 aliphatic rings. The van der Waals surface area contributed by atoms with E-state index in [0.29, 0.717) is 0 Å². The van der Waals surface area contributed by atoms with Crippen LogP contribution in [0.3, 0.4) is 0 Å². The minimum atomic E-state index is -0.478. The monoisotopic (exact) mass is 262 g/mol. The Kier molecular flexibility index (Phi) is 3.80. The number of nitrogens with one attached hydrogen (secondary N) is 1. The van der Waals surface area contributed by atoms with Crippen LogP contribution in [0.1, 0.15) is 56.8 Å². The Hall–Kier alpha value is -1.55. The number of benzene rings is 1.